The van der Waals surface area contributed by atoms with Crippen LogP contribution in [-0.2, 0) is 6.54 Å². The quantitative estimate of drug-likeness (QED) is 0.852. The maximum atomic E-state index is 4.14. The third kappa shape index (κ3) is 2.57. The zero-order valence-electron chi connectivity index (χ0n) is 8.47. The summed E-state index contributed by atoms with van der Waals surface area (Å²) in [5, 5.41) is 13.4. The second kappa shape index (κ2) is 4.95. The normalized spacial score (nSPS) is 10.5. The molecule has 5 heteroatoms. The van der Waals surface area contributed by atoms with Gasteiger partial charge >= 0.3 is 0 Å². The van der Waals surface area contributed by atoms with Crippen LogP contribution in [0.1, 0.15) is 11.9 Å². The molecule has 78 valence electrons. The molecule has 0 unspecified atom stereocenters. The Morgan fingerprint density at radius 1 is 1.27 bits per heavy atom. The fraction of sp³-hybridized carbons (Fsp3) is 0.300. The van der Waals surface area contributed by atoms with Crippen LogP contribution in [-0.4, -0.2) is 21.7 Å². The van der Waals surface area contributed by atoms with Gasteiger partial charge < -0.3 is 5.32 Å². The zero-order chi connectivity index (χ0) is 10.5. The molecule has 0 saturated carbocycles. The predicted molar refractivity (Wildman–Crippen MR) is 60.5 cm³/mol. The van der Waals surface area contributed by atoms with Crippen LogP contribution in [0.4, 0.5) is 0 Å². The molecule has 0 fully saturated rings. The van der Waals surface area contributed by atoms with E-state index < -0.39 is 0 Å². The van der Waals surface area contributed by atoms with Gasteiger partial charge in [0.1, 0.15) is 10.0 Å². The van der Waals surface area contributed by atoms with E-state index in [-0.39, 0.29) is 0 Å². The molecule has 2 heterocycles. The maximum Gasteiger partial charge on any atom is 0.147 e. The average molecular weight is 220 g/mol. The first kappa shape index (κ1) is 10.2. The molecule has 0 aliphatic carbocycles. The molecule has 0 radical (unpaired) electrons. The van der Waals surface area contributed by atoms with Crippen molar-refractivity contribution in [3.63, 3.8) is 0 Å². The lowest BCUT2D eigenvalue weighted by atomic mass is 10.3. The van der Waals surface area contributed by atoms with Gasteiger partial charge in [-0.3, -0.25) is 4.98 Å². The van der Waals surface area contributed by atoms with Crippen molar-refractivity contribution in [1.82, 2.24) is 20.5 Å². The van der Waals surface area contributed by atoms with Gasteiger partial charge in [-0.2, -0.15) is 0 Å². The van der Waals surface area contributed by atoms with Crippen molar-refractivity contribution in [2.75, 3.05) is 6.54 Å². The van der Waals surface area contributed by atoms with Gasteiger partial charge in [-0.25, -0.2) is 0 Å². The van der Waals surface area contributed by atoms with E-state index in [0.717, 1.165) is 28.7 Å². The van der Waals surface area contributed by atoms with E-state index in [2.05, 4.69) is 27.4 Å². The second-order valence-corrected chi connectivity index (χ2v) is 4.08. The largest absolute Gasteiger partial charge is 0.311 e. The molecule has 1 N–H and O–H groups in total. The molecule has 2 rings (SSSR count). The van der Waals surface area contributed by atoms with Crippen molar-refractivity contribution in [3.8, 4) is 10.6 Å². The van der Waals surface area contributed by atoms with Crippen molar-refractivity contribution in [1.29, 1.82) is 0 Å². The van der Waals surface area contributed by atoms with E-state index in [1.807, 2.05) is 12.1 Å². The molecule has 0 amide bonds. The van der Waals surface area contributed by atoms with Crippen LogP contribution in [0.15, 0.2) is 24.5 Å². The van der Waals surface area contributed by atoms with E-state index in [4.69, 9.17) is 0 Å². The Hall–Kier alpha value is -1.33. The SMILES string of the molecule is CCNCc1nnc(-c2ccncc2)s1. The molecule has 0 spiro atoms. The van der Waals surface area contributed by atoms with Crippen LogP contribution in [0, 0.1) is 0 Å². The zero-order valence-corrected chi connectivity index (χ0v) is 9.29. The maximum absolute atomic E-state index is 4.14. The van der Waals surface area contributed by atoms with Gasteiger partial charge in [-0.1, -0.05) is 18.3 Å². The summed E-state index contributed by atoms with van der Waals surface area (Å²) in [4.78, 5) is 3.97. The highest BCUT2D eigenvalue weighted by Crippen LogP contribution is 2.22. The molecule has 0 bridgehead atoms. The number of nitrogens with one attached hydrogen (secondary N) is 1. The summed E-state index contributed by atoms with van der Waals surface area (Å²) in [5.41, 5.74) is 1.07. The summed E-state index contributed by atoms with van der Waals surface area (Å²) < 4.78 is 0. The van der Waals surface area contributed by atoms with E-state index >= 15 is 0 Å². The highest BCUT2D eigenvalue weighted by atomic mass is 32.1. The van der Waals surface area contributed by atoms with Crippen LogP contribution < -0.4 is 5.32 Å². The molecule has 0 aliphatic heterocycles. The number of rotatable bonds is 4. The number of pyridine rings is 1. The second-order valence-electron chi connectivity index (χ2n) is 3.02. The highest BCUT2D eigenvalue weighted by Gasteiger charge is 2.05. The summed E-state index contributed by atoms with van der Waals surface area (Å²) >= 11 is 1.61. The van der Waals surface area contributed by atoms with Crippen molar-refractivity contribution in [2.24, 2.45) is 0 Å². The standard InChI is InChI=1S/C10H12N4S/c1-2-11-7-9-13-14-10(15-9)8-3-5-12-6-4-8/h3-6,11H,2,7H2,1H3. The summed E-state index contributed by atoms with van der Waals surface area (Å²) in [5.74, 6) is 0. The fourth-order valence-corrected chi connectivity index (χ4v) is 1.98. The summed E-state index contributed by atoms with van der Waals surface area (Å²) in [6.45, 7) is 3.81. The molecule has 2 aromatic heterocycles. The fourth-order valence-electron chi connectivity index (χ4n) is 1.17. The number of hydrogen-bond acceptors (Lipinski definition) is 5. The molecule has 2 aromatic rings. The van der Waals surface area contributed by atoms with E-state index in [9.17, 15) is 0 Å². The Morgan fingerprint density at radius 2 is 2.07 bits per heavy atom. The molecule has 0 saturated heterocycles. The minimum absolute atomic E-state index is 0.791. The third-order valence-electron chi connectivity index (χ3n) is 1.92. The first-order valence-electron chi connectivity index (χ1n) is 4.83. The van der Waals surface area contributed by atoms with Gasteiger partial charge in [0, 0.05) is 24.5 Å². The third-order valence-corrected chi connectivity index (χ3v) is 2.89. The van der Waals surface area contributed by atoms with Crippen LogP contribution in [0.5, 0.6) is 0 Å². The topological polar surface area (TPSA) is 50.7 Å². The molecular formula is C10H12N4S. The van der Waals surface area contributed by atoms with Crippen LogP contribution in [0.2, 0.25) is 0 Å². The van der Waals surface area contributed by atoms with Gasteiger partial charge in [0.25, 0.3) is 0 Å². The van der Waals surface area contributed by atoms with Crippen LogP contribution >= 0.6 is 11.3 Å². The Kier molecular flexibility index (Phi) is 3.37. The average Bonchev–Trinajstić information content (AvgIpc) is 2.76. The first-order chi connectivity index (χ1) is 7.40. The van der Waals surface area contributed by atoms with Crippen molar-refractivity contribution < 1.29 is 0 Å². The van der Waals surface area contributed by atoms with Gasteiger partial charge in [0.15, 0.2) is 0 Å². The van der Waals surface area contributed by atoms with E-state index in [0.29, 0.717) is 0 Å². The van der Waals surface area contributed by atoms with Gasteiger partial charge in [0.2, 0.25) is 0 Å². The molecule has 4 nitrogen and oxygen atoms in total. The highest BCUT2D eigenvalue weighted by molar-refractivity contribution is 7.14. The lowest BCUT2D eigenvalue weighted by Gasteiger charge is -1.94. The van der Waals surface area contributed by atoms with Gasteiger partial charge in [-0.15, -0.1) is 10.2 Å². The molecular weight excluding hydrogens is 208 g/mol. The van der Waals surface area contributed by atoms with Crippen molar-refractivity contribution in [2.45, 2.75) is 13.5 Å². The minimum Gasteiger partial charge on any atom is -0.311 e. The number of nitrogens with zero attached hydrogens (tertiary/aromatic N) is 3. The number of hydrogen-bond donors (Lipinski definition) is 1. The Morgan fingerprint density at radius 3 is 2.80 bits per heavy atom. The predicted octanol–water partition coefficient (Wildman–Crippen LogP) is 1.71. The summed E-state index contributed by atoms with van der Waals surface area (Å²) in [6.07, 6.45) is 3.53. The van der Waals surface area contributed by atoms with Gasteiger partial charge in [-0.05, 0) is 18.7 Å². The first-order valence-corrected chi connectivity index (χ1v) is 5.65. The van der Waals surface area contributed by atoms with Crippen LogP contribution in [0.25, 0.3) is 10.6 Å². The van der Waals surface area contributed by atoms with Gasteiger partial charge in [0.05, 0.1) is 0 Å². The Labute approximate surface area is 92.4 Å². The Balaban J connectivity index is 2.14. The summed E-state index contributed by atoms with van der Waals surface area (Å²) in [6, 6.07) is 3.88. The lowest BCUT2D eigenvalue weighted by molar-refractivity contribution is 0.715. The van der Waals surface area contributed by atoms with E-state index in [1.165, 1.54) is 0 Å². The monoisotopic (exact) mass is 220 g/mol. The lowest BCUT2D eigenvalue weighted by Crippen LogP contribution is -2.11. The van der Waals surface area contributed by atoms with Crippen LogP contribution in [0.3, 0.4) is 0 Å². The smallest absolute Gasteiger partial charge is 0.147 e. The van der Waals surface area contributed by atoms with E-state index in [1.54, 1.807) is 23.7 Å². The van der Waals surface area contributed by atoms with Crippen molar-refractivity contribution in [3.05, 3.63) is 29.5 Å². The number of aromatic nitrogens is 3. The molecule has 15 heavy (non-hydrogen) atoms. The summed E-state index contributed by atoms with van der Waals surface area (Å²) in [7, 11) is 0. The van der Waals surface area contributed by atoms with Crippen molar-refractivity contribution >= 4 is 11.3 Å². The molecule has 0 aliphatic rings. The minimum atomic E-state index is 0.791. The molecule has 0 aromatic carbocycles. The molecule has 0 atom stereocenters. The Bertz CT molecular complexity index is 412.